The Kier molecular flexibility index (Phi) is 3.33. The lowest BCUT2D eigenvalue weighted by Gasteiger charge is -1.95. The van der Waals surface area contributed by atoms with Crippen molar-refractivity contribution >= 4 is 27.4 Å². The van der Waals surface area contributed by atoms with Crippen LogP contribution in [-0.4, -0.2) is 15.8 Å². The third-order valence-corrected chi connectivity index (χ3v) is 3.03. The third kappa shape index (κ3) is 2.51. The molecular formula is C11H9N3O3S. The van der Waals surface area contributed by atoms with Crippen LogP contribution in [0.3, 0.4) is 0 Å². The van der Waals surface area contributed by atoms with Crippen LogP contribution in [-0.2, 0) is 4.79 Å². The van der Waals surface area contributed by atoms with Crippen molar-refractivity contribution in [2.75, 3.05) is 5.32 Å². The molecule has 1 aromatic heterocycles. The average Bonchev–Trinajstić information content (AvgIpc) is 2.73. The highest BCUT2D eigenvalue weighted by Gasteiger charge is 2.22. The molecule has 6 nitrogen and oxygen atoms in total. The van der Waals surface area contributed by atoms with Gasteiger partial charge < -0.3 is 5.32 Å². The predicted octanol–water partition coefficient (Wildman–Crippen LogP) is 2.68. The van der Waals surface area contributed by atoms with Crippen LogP contribution in [0.2, 0.25) is 0 Å². The van der Waals surface area contributed by atoms with E-state index in [0.29, 0.717) is 5.56 Å². The van der Waals surface area contributed by atoms with Crippen LogP contribution in [0.4, 0.5) is 10.1 Å². The van der Waals surface area contributed by atoms with E-state index in [2.05, 4.69) is 10.3 Å². The number of anilines is 1. The summed E-state index contributed by atoms with van der Waals surface area (Å²) in [6.07, 6.45) is 0. The molecule has 0 aliphatic rings. The first-order chi connectivity index (χ1) is 8.58. The fourth-order valence-electron chi connectivity index (χ4n) is 1.42. The van der Waals surface area contributed by atoms with Crippen LogP contribution in [0.1, 0.15) is 6.92 Å². The summed E-state index contributed by atoms with van der Waals surface area (Å²) in [6, 6.07) is 8.84. The van der Waals surface area contributed by atoms with Gasteiger partial charge in [-0.05, 0) is 11.3 Å². The molecule has 2 aromatic rings. The Bertz CT molecular complexity index is 595. The number of rotatable bonds is 3. The average molecular weight is 263 g/mol. The van der Waals surface area contributed by atoms with Gasteiger partial charge >= 0.3 is 5.00 Å². The van der Waals surface area contributed by atoms with Crippen LogP contribution in [0.25, 0.3) is 11.3 Å². The zero-order valence-electron chi connectivity index (χ0n) is 9.41. The number of carbonyl (C=O) groups excluding carboxylic acids is 1. The molecule has 92 valence electrons. The first kappa shape index (κ1) is 12.2. The number of amides is 1. The SMILES string of the molecule is CC(=O)Nc1nc(-c2ccccc2)c([N+](=O)[O-])s1. The summed E-state index contributed by atoms with van der Waals surface area (Å²) in [6.45, 7) is 1.33. The van der Waals surface area contributed by atoms with Gasteiger partial charge in [-0.15, -0.1) is 0 Å². The Morgan fingerprint density at radius 1 is 1.39 bits per heavy atom. The number of benzene rings is 1. The number of aromatic nitrogens is 1. The number of hydrogen-bond acceptors (Lipinski definition) is 5. The summed E-state index contributed by atoms with van der Waals surface area (Å²) in [5.41, 5.74) is 0.923. The minimum atomic E-state index is -0.495. The van der Waals surface area contributed by atoms with E-state index in [0.717, 1.165) is 11.3 Å². The van der Waals surface area contributed by atoms with Crippen LogP contribution in [0.15, 0.2) is 30.3 Å². The second kappa shape index (κ2) is 4.92. The van der Waals surface area contributed by atoms with Crippen molar-refractivity contribution in [1.82, 2.24) is 4.98 Å². The van der Waals surface area contributed by atoms with Gasteiger partial charge in [-0.3, -0.25) is 14.9 Å². The fourth-order valence-corrected chi connectivity index (χ4v) is 2.27. The first-order valence-corrected chi connectivity index (χ1v) is 5.88. The van der Waals surface area contributed by atoms with Crippen LogP contribution in [0, 0.1) is 10.1 Å². The topological polar surface area (TPSA) is 85.1 Å². The molecular weight excluding hydrogens is 254 g/mol. The number of nitrogens with zero attached hydrogens (tertiary/aromatic N) is 2. The van der Waals surface area contributed by atoms with Crippen molar-refractivity contribution in [1.29, 1.82) is 0 Å². The zero-order chi connectivity index (χ0) is 13.1. The molecule has 18 heavy (non-hydrogen) atoms. The van der Waals surface area contributed by atoms with Gasteiger partial charge in [-0.2, -0.15) is 0 Å². The molecule has 1 aromatic carbocycles. The summed E-state index contributed by atoms with van der Waals surface area (Å²) in [7, 11) is 0. The van der Waals surface area contributed by atoms with E-state index in [1.807, 2.05) is 6.07 Å². The van der Waals surface area contributed by atoms with E-state index in [9.17, 15) is 14.9 Å². The van der Waals surface area contributed by atoms with E-state index in [1.165, 1.54) is 6.92 Å². The highest BCUT2D eigenvalue weighted by atomic mass is 32.1. The summed E-state index contributed by atoms with van der Waals surface area (Å²) < 4.78 is 0. The molecule has 0 spiro atoms. The molecule has 1 N–H and O–H groups in total. The summed E-state index contributed by atoms with van der Waals surface area (Å²) >= 11 is 0.849. The molecule has 0 atom stereocenters. The number of nitrogens with one attached hydrogen (secondary N) is 1. The summed E-state index contributed by atoms with van der Waals surface area (Å²) in [5.74, 6) is -0.307. The van der Waals surface area contributed by atoms with E-state index >= 15 is 0 Å². The Morgan fingerprint density at radius 2 is 2.06 bits per heavy atom. The molecule has 0 aliphatic heterocycles. The third-order valence-electron chi connectivity index (χ3n) is 2.11. The fraction of sp³-hybridized carbons (Fsp3) is 0.0909. The highest BCUT2D eigenvalue weighted by Crippen LogP contribution is 2.37. The van der Waals surface area contributed by atoms with Crippen LogP contribution < -0.4 is 5.32 Å². The van der Waals surface area contributed by atoms with Crippen molar-refractivity contribution in [3.63, 3.8) is 0 Å². The molecule has 0 aliphatic carbocycles. The lowest BCUT2D eigenvalue weighted by molar-refractivity contribution is -0.379. The van der Waals surface area contributed by atoms with E-state index in [4.69, 9.17) is 0 Å². The summed E-state index contributed by atoms with van der Waals surface area (Å²) in [4.78, 5) is 25.5. The molecule has 7 heteroatoms. The maximum absolute atomic E-state index is 11.0. The van der Waals surface area contributed by atoms with Crippen molar-refractivity contribution in [3.8, 4) is 11.3 Å². The Balaban J connectivity index is 2.48. The van der Waals surface area contributed by atoms with Crippen molar-refractivity contribution in [3.05, 3.63) is 40.4 Å². The van der Waals surface area contributed by atoms with Crippen LogP contribution >= 0.6 is 11.3 Å². The monoisotopic (exact) mass is 263 g/mol. The maximum Gasteiger partial charge on any atom is 0.353 e. The van der Waals surface area contributed by atoms with Gasteiger partial charge in [0.05, 0.1) is 4.92 Å². The second-order valence-corrected chi connectivity index (χ2v) is 4.45. The van der Waals surface area contributed by atoms with Crippen LogP contribution in [0.5, 0.6) is 0 Å². The largest absolute Gasteiger partial charge is 0.353 e. The number of carbonyl (C=O) groups is 1. The Hall–Kier alpha value is -2.28. The van der Waals surface area contributed by atoms with Gasteiger partial charge in [0.15, 0.2) is 10.8 Å². The predicted molar refractivity (Wildman–Crippen MR) is 68.5 cm³/mol. The smallest absolute Gasteiger partial charge is 0.302 e. The van der Waals surface area contributed by atoms with E-state index in [-0.39, 0.29) is 21.7 Å². The quantitative estimate of drug-likeness (QED) is 0.681. The normalized spacial score (nSPS) is 10.1. The molecule has 1 heterocycles. The molecule has 1 amide bonds. The minimum Gasteiger partial charge on any atom is -0.302 e. The molecule has 0 bridgehead atoms. The van der Waals surface area contributed by atoms with Gasteiger partial charge in [0.2, 0.25) is 5.91 Å². The van der Waals surface area contributed by atoms with Crippen molar-refractivity contribution < 1.29 is 9.72 Å². The van der Waals surface area contributed by atoms with Gasteiger partial charge in [0, 0.05) is 12.5 Å². The van der Waals surface area contributed by atoms with Gasteiger partial charge in [0.1, 0.15) is 0 Å². The van der Waals surface area contributed by atoms with E-state index in [1.54, 1.807) is 24.3 Å². The van der Waals surface area contributed by atoms with Gasteiger partial charge in [-0.1, -0.05) is 30.3 Å². The first-order valence-electron chi connectivity index (χ1n) is 5.06. The molecule has 2 rings (SSSR count). The number of hydrogen-bond donors (Lipinski definition) is 1. The lowest BCUT2D eigenvalue weighted by atomic mass is 10.2. The number of nitro groups is 1. The maximum atomic E-state index is 11.0. The molecule has 0 saturated carbocycles. The highest BCUT2D eigenvalue weighted by molar-refractivity contribution is 7.19. The lowest BCUT2D eigenvalue weighted by Crippen LogP contribution is -2.04. The molecule has 0 unspecified atom stereocenters. The zero-order valence-corrected chi connectivity index (χ0v) is 10.2. The standard InChI is InChI=1S/C11H9N3O3S/c1-7(15)12-11-13-9(10(18-11)14(16)17)8-5-3-2-4-6-8/h2-6H,1H3,(H,12,13,15). The molecule has 0 saturated heterocycles. The molecule has 0 fully saturated rings. The Labute approximate surface area is 106 Å². The summed E-state index contributed by atoms with van der Waals surface area (Å²) in [5, 5.41) is 13.6. The Morgan fingerprint density at radius 3 is 2.61 bits per heavy atom. The van der Waals surface area contributed by atoms with Gasteiger partial charge in [-0.25, -0.2) is 4.98 Å². The number of thiazole rings is 1. The van der Waals surface area contributed by atoms with Crippen molar-refractivity contribution in [2.24, 2.45) is 0 Å². The second-order valence-electron chi connectivity index (χ2n) is 3.48. The van der Waals surface area contributed by atoms with E-state index < -0.39 is 4.92 Å². The minimum absolute atomic E-state index is 0.0787. The molecule has 0 radical (unpaired) electrons. The van der Waals surface area contributed by atoms with Gasteiger partial charge in [0.25, 0.3) is 0 Å². The van der Waals surface area contributed by atoms with Crippen molar-refractivity contribution in [2.45, 2.75) is 6.92 Å².